The Morgan fingerprint density at radius 3 is 2.81 bits per heavy atom. The first-order valence-electron chi connectivity index (χ1n) is 4.59. The molecule has 0 amide bonds. The Hall–Kier alpha value is -1.000. The molecule has 0 N–H and O–H groups in total. The third kappa shape index (κ3) is 2.39. The van der Waals surface area contributed by atoms with Crippen LogP contribution in [0.5, 0.6) is 0 Å². The van der Waals surface area contributed by atoms with Gasteiger partial charge in [0.2, 0.25) is 0 Å². The van der Waals surface area contributed by atoms with Crippen molar-refractivity contribution >= 4 is 22.9 Å². The Balaban J connectivity index is 2.36. The summed E-state index contributed by atoms with van der Waals surface area (Å²) >= 11 is 7.04. The Bertz CT molecular complexity index is 484. The first-order chi connectivity index (χ1) is 7.70. The summed E-state index contributed by atoms with van der Waals surface area (Å²) in [5.41, 5.74) is 1.49. The second-order valence-electron chi connectivity index (χ2n) is 3.20. The van der Waals surface area contributed by atoms with E-state index in [1.165, 1.54) is 23.5 Å². The largest absolute Gasteiger partial charge is 0.263 e. The highest BCUT2D eigenvalue weighted by atomic mass is 35.5. The van der Waals surface area contributed by atoms with Gasteiger partial charge in [-0.15, -0.1) is 22.9 Å². The quantitative estimate of drug-likeness (QED) is 0.741. The minimum absolute atomic E-state index is 0.0140. The lowest BCUT2D eigenvalue weighted by atomic mass is 10.1. The van der Waals surface area contributed by atoms with Crippen molar-refractivity contribution < 1.29 is 8.78 Å². The first kappa shape index (κ1) is 11.5. The highest BCUT2D eigenvalue weighted by Crippen LogP contribution is 2.28. The van der Waals surface area contributed by atoms with Gasteiger partial charge in [0.1, 0.15) is 5.01 Å². The molecule has 5 heteroatoms. The van der Waals surface area contributed by atoms with E-state index in [9.17, 15) is 8.78 Å². The van der Waals surface area contributed by atoms with Crippen LogP contribution >= 0.6 is 22.9 Å². The number of rotatable bonds is 3. The standard InChI is InChI=1S/C11H8ClF2NS/c12-5-9-6-16-11(15-9)8-3-1-2-7(4-8)10(13)14/h1-4,6,10H,5H2. The van der Waals surface area contributed by atoms with Crippen LogP contribution in [0.2, 0.25) is 0 Å². The van der Waals surface area contributed by atoms with Crippen molar-refractivity contribution in [2.75, 3.05) is 0 Å². The van der Waals surface area contributed by atoms with Crippen molar-refractivity contribution in [1.82, 2.24) is 4.98 Å². The third-order valence-corrected chi connectivity index (χ3v) is 3.29. The van der Waals surface area contributed by atoms with Crippen molar-refractivity contribution in [3.05, 3.63) is 40.9 Å². The number of aromatic nitrogens is 1. The van der Waals surface area contributed by atoms with Gasteiger partial charge in [0.15, 0.2) is 0 Å². The second kappa shape index (κ2) is 4.89. The number of hydrogen-bond donors (Lipinski definition) is 0. The minimum atomic E-state index is -2.45. The Labute approximate surface area is 101 Å². The molecule has 0 atom stereocenters. The summed E-state index contributed by atoms with van der Waals surface area (Å²) in [7, 11) is 0. The van der Waals surface area contributed by atoms with Gasteiger partial charge in [-0.05, 0) is 6.07 Å². The summed E-state index contributed by atoms with van der Waals surface area (Å²) in [6.07, 6.45) is -2.45. The summed E-state index contributed by atoms with van der Waals surface area (Å²) in [5.74, 6) is 0.338. The molecule has 1 heterocycles. The lowest BCUT2D eigenvalue weighted by Gasteiger charge is -2.01. The van der Waals surface area contributed by atoms with E-state index in [1.54, 1.807) is 12.1 Å². The number of alkyl halides is 3. The Kier molecular flexibility index (Phi) is 3.51. The summed E-state index contributed by atoms with van der Waals surface area (Å²) in [6, 6.07) is 6.24. The van der Waals surface area contributed by atoms with Gasteiger partial charge in [0.25, 0.3) is 6.43 Å². The molecule has 2 rings (SSSR count). The van der Waals surface area contributed by atoms with Crippen LogP contribution in [0, 0.1) is 0 Å². The monoisotopic (exact) mass is 259 g/mol. The average Bonchev–Trinajstić information content (AvgIpc) is 2.77. The van der Waals surface area contributed by atoms with Gasteiger partial charge in [0, 0.05) is 16.5 Å². The van der Waals surface area contributed by atoms with Gasteiger partial charge in [-0.25, -0.2) is 13.8 Å². The molecule has 0 saturated heterocycles. The van der Waals surface area contributed by atoms with Crippen LogP contribution in [0.25, 0.3) is 10.6 Å². The fourth-order valence-corrected chi connectivity index (χ4v) is 2.35. The molecule has 0 saturated carbocycles. The molecule has 16 heavy (non-hydrogen) atoms. The van der Waals surface area contributed by atoms with Crippen LogP contribution in [0.3, 0.4) is 0 Å². The molecule has 0 aliphatic carbocycles. The Morgan fingerprint density at radius 1 is 1.38 bits per heavy atom. The molecule has 1 nitrogen and oxygen atoms in total. The summed E-state index contributed by atoms with van der Waals surface area (Å²) < 4.78 is 25.0. The topological polar surface area (TPSA) is 12.9 Å². The van der Waals surface area contributed by atoms with E-state index >= 15 is 0 Å². The van der Waals surface area contributed by atoms with Crippen molar-refractivity contribution in [3.63, 3.8) is 0 Å². The molecule has 1 aromatic carbocycles. The molecular weight excluding hydrogens is 252 g/mol. The van der Waals surface area contributed by atoms with E-state index in [0.29, 0.717) is 11.4 Å². The van der Waals surface area contributed by atoms with Crippen LogP contribution in [-0.2, 0) is 5.88 Å². The molecule has 0 unspecified atom stereocenters. The molecule has 0 aliphatic rings. The van der Waals surface area contributed by atoms with Gasteiger partial charge in [-0.2, -0.15) is 0 Å². The normalized spacial score (nSPS) is 11.0. The summed E-state index contributed by atoms with van der Waals surface area (Å²) in [5, 5.41) is 2.55. The fraction of sp³-hybridized carbons (Fsp3) is 0.182. The number of hydrogen-bond acceptors (Lipinski definition) is 2. The maximum Gasteiger partial charge on any atom is 0.263 e. The number of thiazole rings is 1. The van der Waals surface area contributed by atoms with E-state index < -0.39 is 6.43 Å². The van der Waals surface area contributed by atoms with Crippen molar-refractivity contribution in [1.29, 1.82) is 0 Å². The lowest BCUT2D eigenvalue weighted by Crippen LogP contribution is -1.85. The van der Waals surface area contributed by atoms with Gasteiger partial charge >= 0.3 is 0 Å². The van der Waals surface area contributed by atoms with Crippen molar-refractivity contribution in [3.8, 4) is 10.6 Å². The predicted octanol–water partition coefficient (Wildman–Crippen LogP) is 4.49. The molecule has 0 radical (unpaired) electrons. The third-order valence-electron chi connectivity index (χ3n) is 2.07. The summed E-state index contributed by atoms with van der Waals surface area (Å²) in [6.45, 7) is 0. The van der Waals surface area contributed by atoms with Crippen LogP contribution in [0.15, 0.2) is 29.6 Å². The van der Waals surface area contributed by atoms with Crippen LogP contribution in [-0.4, -0.2) is 4.98 Å². The molecule has 0 bridgehead atoms. The second-order valence-corrected chi connectivity index (χ2v) is 4.33. The van der Waals surface area contributed by atoms with E-state index in [2.05, 4.69) is 4.98 Å². The van der Waals surface area contributed by atoms with Gasteiger partial charge in [-0.3, -0.25) is 0 Å². The zero-order valence-corrected chi connectivity index (χ0v) is 9.73. The molecule has 0 aliphatic heterocycles. The zero-order chi connectivity index (χ0) is 11.5. The maximum atomic E-state index is 12.5. The SMILES string of the molecule is FC(F)c1cccc(-c2nc(CCl)cs2)c1. The first-order valence-corrected chi connectivity index (χ1v) is 6.01. The Morgan fingerprint density at radius 2 is 2.19 bits per heavy atom. The zero-order valence-electron chi connectivity index (χ0n) is 8.16. The van der Waals surface area contributed by atoms with Crippen LogP contribution < -0.4 is 0 Å². The van der Waals surface area contributed by atoms with E-state index in [1.807, 2.05) is 5.38 Å². The molecule has 0 spiro atoms. The van der Waals surface area contributed by atoms with E-state index in [4.69, 9.17) is 11.6 Å². The van der Waals surface area contributed by atoms with Crippen LogP contribution in [0.4, 0.5) is 8.78 Å². The minimum Gasteiger partial charge on any atom is -0.240 e. The fourth-order valence-electron chi connectivity index (χ4n) is 1.31. The van der Waals surface area contributed by atoms with Crippen molar-refractivity contribution in [2.45, 2.75) is 12.3 Å². The molecule has 0 fully saturated rings. The van der Waals surface area contributed by atoms with Crippen molar-refractivity contribution in [2.24, 2.45) is 0 Å². The number of nitrogens with zero attached hydrogens (tertiary/aromatic N) is 1. The maximum absolute atomic E-state index is 12.5. The van der Waals surface area contributed by atoms with Gasteiger partial charge in [-0.1, -0.05) is 18.2 Å². The van der Waals surface area contributed by atoms with Gasteiger partial charge < -0.3 is 0 Å². The predicted molar refractivity (Wildman–Crippen MR) is 62.1 cm³/mol. The highest BCUT2D eigenvalue weighted by molar-refractivity contribution is 7.13. The highest BCUT2D eigenvalue weighted by Gasteiger charge is 2.09. The lowest BCUT2D eigenvalue weighted by molar-refractivity contribution is 0.151. The molecule has 1 aromatic heterocycles. The number of halogens is 3. The van der Waals surface area contributed by atoms with Gasteiger partial charge in [0.05, 0.1) is 11.6 Å². The molecule has 84 valence electrons. The van der Waals surface area contributed by atoms with Crippen LogP contribution in [0.1, 0.15) is 17.7 Å². The van der Waals surface area contributed by atoms with E-state index in [0.717, 1.165) is 10.7 Å². The van der Waals surface area contributed by atoms with E-state index in [-0.39, 0.29) is 5.56 Å². The average molecular weight is 260 g/mol. The summed E-state index contributed by atoms with van der Waals surface area (Å²) in [4.78, 5) is 4.24. The molecule has 2 aromatic rings. The smallest absolute Gasteiger partial charge is 0.240 e. The molecular formula is C11H8ClF2NS. The number of benzene rings is 1.